The van der Waals surface area contributed by atoms with Gasteiger partial charge in [0, 0.05) is 10.9 Å². The smallest absolute Gasteiger partial charge is 0.198 e. The fourth-order valence-corrected chi connectivity index (χ4v) is 2.28. The predicted octanol–water partition coefficient (Wildman–Crippen LogP) is 3.79. The summed E-state index contributed by atoms with van der Waals surface area (Å²) in [5.41, 5.74) is 6.81. The third-order valence-corrected chi connectivity index (χ3v) is 3.33. The first-order valence-electron chi connectivity index (χ1n) is 6.25. The quantitative estimate of drug-likeness (QED) is 0.566. The highest BCUT2D eigenvalue weighted by Gasteiger charge is 2.17. The average molecular weight is 265 g/mol. The summed E-state index contributed by atoms with van der Waals surface area (Å²) in [5.74, 6) is -0.934. The van der Waals surface area contributed by atoms with E-state index in [1.807, 2.05) is 30.3 Å². The Kier molecular flexibility index (Phi) is 2.95. The second kappa shape index (κ2) is 4.78. The molecule has 0 aliphatic carbocycles. The Morgan fingerprint density at radius 2 is 1.55 bits per heavy atom. The molecule has 2 nitrogen and oxygen atoms in total. The molecule has 0 saturated carbocycles. The van der Waals surface area contributed by atoms with Crippen molar-refractivity contribution in [1.29, 1.82) is 0 Å². The summed E-state index contributed by atoms with van der Waals surface area (Å²) in [4.78, 5) is 12.4. The zero-order valence-corrected chi connectivity index (χ0v) is 10.6. The lowest BCUT2D eigenvalue weighted by molar-refractivity contribution is 0.103. The second-order valence-corrected chi connectivity index (χ2v) is 4.56. The summed E-state index contributed by atoms with van der Waals surface area (Å²) < 4.78 is 13.7. The van der Waals surface area contributed by atoms with Gasteiger partial charge in [-0.3, -0.25) is 4.79 Å². The number of carbonyl (C=O) groups excluding carboxylic acids is 1. The molecule has 0 atom stereocenters. The molecule has 0 aromatic heterocycles. The number of nitrogens with two attached hydrogens (primary N) is 1. The molecule has 98 valence electrons. The summed E-state index contributed by atoms with van der Waals surface area (Å²) in [6, 6.07) is 16.9. The van der Waals surface area contributed by atoms with E-state index in [-0.39, 0.29) is 5.56 Å². The highest BCUT2D eigenvalue weighted by atomic mass is 19.1. The molecule has 0 unspecified atom stereocenters. The molecular formula is C17H12FNO. The van der Waals surface area contributed by atoms with Crippen LogP contribution in [-0.2, 0) is 0 Å². The summed E-state index contributed by atoms with van der Waals surface area (Å²) in [6.07, 6.45) is 0. The van der Waals surface area contributed by atoms with E-state index in [1.54, 1.807) is 18.2 Å². The molecule has 2 N–H and O–H groups in total. The van der Waals surface area contributed by atoms with Crippen LogP contribution in [0.15, 0.2) is 60.7 Å². The van der Waals surface area contributed by atoms with Gasteiger partial charge >= 0.3 is 0 Å². The van der Waals surface area contributed by atoms with Gasteiger partial charge in [-0.15, -0.1) is 0 Å². The number of hydrogen-bond donors (Lipinski definition) is 1. The second-order valence-electron chi connectivity index (χ2n) is 4.56. The SMILES string of the molecule is Nc1c(C(=O)c2ccccc2F)ccc2ccccc12. The van der Waals surface area contributed by atoms with Crippen molar-refractivity contribution >= 4 is 22.2 Å². The molecule has 20 heavy (non-hydrogen) atoms. The molecule has 0 fully saturated rings. The van der Waals surface area contributed by atoms with Gasteiger partial charge in [0.25, 0.3) is 0 Å². The Balaban J connectivity index is 2.18. The highest BCUT2D eigenvalue weighted by Crippen LogP contribution is 2.27. The molecule has 0 aliphatic rings. The minimum atomic E-state index is -0.537. The van der Waals surface area contributed by atoms with E-state index in [2.05, 4.69) is 0 Å². The van der Waals surface area contributed by atoms with Gasteiger partial charge in [-0.05, 0) is 23.6 Å². The van der Waals surface area contributed by atoms with E-state index in [0.717, 1.165) is 10.8 Å². The van der Waals surface area contributed by atoms with E-state index in [0.29, 0.717) is 11.3 Å². The summed E-state index contributed by atoms with van der Waals surface area (Å²) >= 11 is 0. The van der Waals surface area contributed by atoms with Crippen molar-refractivity contribution < 1.29 is 9.18 Å². The lowest BCUT2D eigenvalue weighted by atomic mass is 9.97. The number of hydrogen-bond acceptors (Lipinski definition) is 2. The van der Waals surface area contributed by atoms with Crippen LogP contribution in [-0.4, -0.2) is 5.78 Å². The van der Waals surface area contributed by atoms with Gasteiger partial charge in [0.2, 0.25) is 0 Å². The van der Waals surface area contributed by atoms with Crippen molar-refractivity contribution in [3.8, 4) is 0 Å². The molecule has 3 heteroatoms. The van der Waals surface area contributed by atoms with Crippen molar-refractivity contribution in [2.45, 2.75) is 0 Å². The number of nitrogen functional groups attached to an aromatic ring is 1. The normalized spacial score (nSPS) is 10.7. The Morgan fingerprint density at radius 1 is 0.850 bits per heavy atom. The van der Waals surface area contributed by atoms with Gasteiger partial charge in [-0.25, -0.2) is 4.39 Å². The van der Waals surface area contributed by atoms with Gasteiger partial charge in [-0.2, -0.15) is 0 Å². The number of ketones is 1. The van der Waals surface area contributed by atoms with E-state index < -0.39 is 11.6 Å². The maximum absolute atomic E-state index is 13.7. The number of halogens is 1. The van der Waals surface area contributed by atoms with E-state index in [4.69, 9.17) is 5.73 Å². The zero-order chi connectivity index (χ0) is 14.1. The van der Waals surface area contributed by atoms with Crippen molar-refractivity contribution in [2.24, 2.45) is 0 Å². The van der Waals surface area contributed by atoms with Gasteiger partial charge in [0.15, 0.2) is 5.78 Å². The number of rotatable bonds is 2. The Labute approximate surface area is 115 Å². The molecule has 3 rings (SSSR count). The lowest BCUT2D eigenvalue weighted by Gasteiger charge is -2.09. The molecule has 0 heterocycles. The zero-order valence-electron chi connectivity index (χ0n) is 10.6. The highest BCUT2D eigenvalue weighted by molar-refractivity contribution is 6.16. The summed E-state index contributed by atoms with van der Waals surface area (Å²) in [6.45, 7) is 0. The van der Waals surface area contributed by atoms with Crippen LogP contribution in [0.1, 0.15) is 15.9 Å². The molecule has 3 aromatic rings. The molecule has 0 amide bonds. The first-order valence-corrected chi connectivity index (χ1v) is 6.25. The molecule has 0 aliphatic heterocycles. The van der Waals surface area contributed by atoms with Crippen LogP contribution in [0.5, 0.6) is 0 Å². The minimum Gasteiger partial charge on any atom is -0.398 e. The Morgan fingerprint density at radius 3 is 2.35 bits per heavy atom. The number of benzene rings is 3. The van der Waals surface area contributed by atoms with Crippen molar-refractivity contribution in [3.63, 3.8) is 0 Å². The maximum Gasteiger partial charge on any atom is 0.198 e. The first kappa shape index (κ1) is 12.4. The van der Waals surface area contributed by atoms with Crippen LogP contribution < -0.4 is 5.73 Å². The van der Waals surface area contributed by atoms with E-state index >= 15 is 0 Å². The Bertz CT molecular complexity index is 811. The van der Waals surface area contributed by atoms with Gasteiger partial charge in [-0.1, -0.05) is 42.5 Å². The van der Waals surface area contributed by atoms with Gasteiger partial charge in [0.05, 0.1) is 11.3 Å². The van der Waals surface area contributed by atoms with Crippen LogP contribution in [0.2, 0.25) is 0 Å². The molecule has 0 spiro atoms. The monoisotopic (exact) mass is 265 g/mol. The topological polar surface area (TPSA) is 43.1 Å². The summed E-state index contributed by atoms with van der Waals surface area (Å²) in [7, 11) is 0. The first-order chi connectivity index (χ1) is 9.68. The van der Waals surface area contributed by atoms with Crippen LogP contribution in [0, 0.1) is 5.82 Å². The molecule has 0 bridgehead atoms. The maximum atomic E-state index is 13.7. The average Bonchev–Trinajstić information content (AvgIpc) is 2.48. The van der Waals surface area contributed by atoms with Crippen LogP contribution >= 0.6 is 0 Å². The molecule has 0 saturated heterocycles. The molecular weight excluding hydrogens is 253 g/mol. The van der Waals surface area contributed by atoms with Gasteiger partial charge in [0.1, 0.15) is 5.82 Å². The molecule has 0 radical (unpaired) electrons. The van der Waals surface area contributed by atoms with Crippen LogP contribution in [0.25, 0.3) is 10.8 Å². The summed E-state index contributed by atoms with van der Waals surface area (Å²) in [5, 5.41) is 1.75. The number of fused-ring (bicyclic) bond motifs is 1. The fourth-order valence-electron chi connectivity index (χ4n) is 2.28. The standard InChI is InChI=1S/C17H12FNO/c18-15-8-4-3-7-13(15)17(20)14-10-9-11-5-1-2-6-12(11)16(14)19/h1-10H,19H2. The van der Waals surface area contributed by atoms with Gasteiger partial charge < -0.3 is 5.73 Å². The van der Waals surface area contributed by atoms with Crippen LogP contribution in [0.4, 0.5) is 10.1 Å². The third kappa shape index (κ3) is 1.93. The lowest BCUT2D eigenvalue weighted by Crippen LogP contribution is -2.07. The number of anilines is 1. The molecule has 3 aromatic carbocycles. The van der Waals surface area contributed by atoms with E-state index in [9.17, 15) is 9.18 Å². The number of carbonyl (C=O) groups is 1. The Hall–Kier alpha value is -2.68. The largest absolute Gasteiger partial charge is 0.398 e. The van der Waals surface area contributed by atoms with Crippen molar-refractivity contribution in [1.82, 2.24) is 0 Å². The van der Waals surface area contributed by atoms with Crippen molar-refractivity contribution in [2.75, 3.05) is 5.73 Å². The fraction of sp³-hybridized carbons (Fsp3) is 0. The van der Waals surface area contributed by atoms with Crippen LogP contribution in [0.3, 0.4) is 0 Å². The van der Waals surface area contributed by atoms with Crippen molar-refractivity contribution in [3.05, 3.63) is 77.6 Å². The third-order valence-electron chi connectivity index (χ3n) is 3.33. The minimum absolute atomic E-state index is 0.0366. The van der Waals surface area contributed by atoms with E-state index in [1.165, 1.54) is 12.1 Å². The predicted molar refractivity (Wildman–Crippen MR) is 78.2 cm³/mol.